The summed E-state index contributed by atoms with van der Waals surface area (Å²) in [6, 6.07) is 9.56. The van der Waals surface area contributed by atoms with E-state index in [0.29, 0.717) is 5.69 Å². The fraction of sp³-hybridized carbons (Fsp3) is 0.286. The number of carbonyl (C=O) groups excluding carboxylic acids is 2. The molecule has 1 aromatic heterocycles. The van der Waals surface area contributed by atoms with Crippen molar-refractivity contribution >= 4 is 40.9 Å². The quantitative estimate of drug-likeness (QED) is 0.490. The lowest BCUT2D eigenvalue weighted by Gasteiger charge is -2.30. The van der Waals surface area contributed by atoms with E-state index >= 15 is 0 Å². The van der Waals surface area contributed by atoms with Gasteiger partial charge >= 0.3 is 0 Å². The molecule has 0 unspecified atom stereocenters. The Balaban J connectivity index is 2.07. The van der Waals surface area contributed by atoms with Crippen LogP contribution in [0.1, 0.15) is 37.6 Å². The van der Waals surface area contributed by atoms with Gasteiger partial charge in [0.15, 0.2) is 5.11 Å². The zero-order valence-electron chi connectivity index (χ0n) is 16.2. The van der Waals surface area contributed by atoms with Gasteiger partial charge < -0.3 is 4.57 Å². The lowest BCUT2D eigenvalue weighted by atomic mass is 10.1. The lowest BCUT2D eigenvalue weighted by molar-refractivity contribution is -0.122. The predicted molar refractivity (Wildman–Crippen MR) is 112 cm³/mol. The van der Waals surface area contributed by atoms with Crippen LogP contribution in [-0.2, 0) is 15.1 Å². The maximum atomic E-state index is 13.2. The zero-order valence-corrected chi connectivity index (χ0v) is 17.0. The van der Waals surface area contributed by atoms with Crippen molar-refractivity contribution in [3.63, 3.8) is 0 Å². The highest BCUT2D eigenvalue weighted by Gasteiger charge is 2.35. The molecular formula is C21H23N3O2S. The molecule has 0 aliphatic carbocycles. The van der Waals surface area contributed by atoms with Gasteiger partial charge in [0.25, 0.3) is 11.8 Å². The molecule has 27 heavy (non-hydrogen) atoms. The second kappa shape index (κ2) is 6.78. The first kappa shape index (κ1) is 19.0. The number of nitrogens with zero attached hydrogens (tertiary/aromatic N) is 2. The van der Waals surface area contributed by atoms with Crippen molar-refractivity contribution in [1.82, 2.24) is 9.88 Å². The molecule has 1 N–H and O–H groups in total. The molecule has 3 rings (SSSR count). The molecule has 2 heterocycles. The Kier molecular flexibility index (Phi) is 4.78. The summed E-state index contributed by atoms with van der Waals surface area (Å²) >= 11 is 5.28. The molecule has 1 saturated heterocycles. The van der Waals surface area contributed by atoms with E-state index in [1.807, 2.05) is 54.9 Å². The first-order valence-electron chi connectivity index (χ1n) is 8.75. The molecule has 1 aromatic carbocycles. The van der Waals surface area contributed by atoms with Gasteiger partial charge in [-0.3, -0.25) is 19.8 Å². The number of hydrogen-bond donors (Lipinski definition) is 1. The average Bonchev–Trinajstić information content (AvgIpc) is 2.98. The van der Waals surface area contributed by atoms with E-state index in [2.05, 4.69) is 26.1 Å². The van der Waals surface area contributed by atoms with Gasteiger partial charge in [-0.2, -0.15) is 0 Å². The summed E-state index contributed by atoms with van der Waals surface area (Å²) in [4.78, 5) is 27.0. The second-order valence-electron chi connectivity index (χ2n) is 7.78. The van der Waals surface area contributed by atoms with Crippen molar-refractivity contribution in [3.8, 4) is 0 Å². The summed E-state index contributed by atoms with van der Waals surface area (Å²) in [5.41, 5.74) is 3.36. The average molecular weight is 382 g/mol. The smallest absolute Gasteiger partial charge is 0.270 e. The fourth-order valence-electron chi connectivity index (χ4n) is 3.24. The van der Waals surface area contributed by atoms with Crippen LogP contribution in [0.5, 0.6) is 0 Å². The molecule has 0 radical (unpaired) electrons. The van der Waals surface area contributed by atoms with Crippen LogP contribution >= 0.6 is 12.2 Å². The Morgan fingerprint density at radius 2 is 1.70 bits per heavy atom. The molecule has 0 saturated carbocycles. The van der Waals surface area contributed by atoms with Gasteiger partial charge in [-0.15, -0.1) is 0 Å². The number of carbonyl (C=O) groups is 2. The maximum absolute atomic E-state index is 13.2. The molecular weight excluding hydrogens is 358 g/mol. The minimum Gasteiger partial charge on any atom is -0.343 e. The van der Waals surface area contributed by atoms with E-state index in [-0.39, 0.29) is 16.2 Å². The van der Waals surface area contributed by atoms with Crippen molar-refractivity contribution < 1.29 is 9.59 Å². The van der Waals surface area contributed by atoms with Gasteiger partial charge in [-0.1, -0.05) is 6.07 Å². The van der Waals surface area contributed by atoms with Crippen LogP contribution in [0.15, 0.2) is 42.1 Å². The van der Waals surface area contributed by atoms with Crippen molar-refractivity contribution in [3.05, 3.63) is 58.9 Å². The highest BCUT2D eigenvalue weighted by Crippen LogP contribution is 2.25. The van der Waals surface area contributed by atoms with Crippen LogP contribution in [0, 0.1) is 13.8 Å². The van der Waals surface area contributed by atoms with Crippen molar-refractivity contribution in [2.75, 3.05) is 4.90 Å². The molecule has 2 aromatic rings. The van der Waals surface area contributed by atoms with Gasteiger partial charge in [0.2, 0.25) is 0 Å². The SMILES string of the molecule is Cc1cc(C)cc(N2C(=O)C(=Cc3cccn3C(C)(C)C)C(=O)NC2=S)c1. The van der Waals surface area contributed by atoms with Crippen LogP contribution < -0.4 is 10.2 Å². The first-order valence-corrected chi connectivity index (χ1v) is 9.16. The molecule has 6 heteroatoms. The van der Waals surface area contributed by atoms with Crippen molar-refractivity contribution in [2.45, 2.75) is 40.2 Å². The topological polar surface area (TPSA) is 54.3 Å². The van der Waals surface area contributed by atoms with E-state index in [4.69, 9.17) is 12.2 Å². The van der Waals surface area contributed by atoms with Gasteiger partial charge in [0.05, 0.1) is 5.69 Å². The highest BCUT2D eigenvalue weighted by molar-refractivity contribution is 7.80. The third-order valence-corrected chi connectivity index (χ3v) is 4.65. The highest BCUT2D eigenvalue weighted by atomic mass is 32.1. The predicted octanol–water partition coefficient (Wildman–Crippen LogP) is 3.69. The number of aryl methyl sites for hydroxylation is 2. The molecule has 1 fully saturated rings. The molecule has 1 aliphatic rings. The number of amides is 2. The third kappa shape index (κ3) is 3.71. The van der Waals surface area contributed by atoms with Crippen LogP contribution in [0.4, 0.5) is 5.69 Å². The molecule has 0 atom stereocenters. The zero-order chi connectivity index (χ0) is 19.9. The fourth-order valence-corrected chi connectivity index (χ4v) is 3.52. The summed E-state index contributed by atoms with van der Waals surface area (Å²) in [6.45, 7) is 10.1. The monoisotopic (exact) mass is 381 g/mol. The molecule has 0 spiro atoms. The van der Waals surface area contributed by atoms with Crippen molar-refractivity contribution in [1.29, 1.82) is 0 Å². The molecule has 1 aliphatic heterocycles. The molecule has 140 valence electrons. The number of anilines is 1. The third-order valence-electron chi connectivity index (χ3n) is 4.36. The van der Waals surface area contributed by atoms with E-state index in [1.54, 1.807) is 6.08 Å². The molecule has 2 amide bonds. The number of rotatable bonds is 2. The van der Waals surface area contributed by atoms with Crippen LogP contribution in [0.3, 0.4) is 0 Å². The van der Waals surface area contributed by atoms with Crippen LogP contribution in [0.2, 0.25) is 0 Å². The summed E-state index contributed by atoms with van der Waals surface area (Å²) in [6.07, 6.45) is 3.56. The van der Waals surface area contributed by atoms with Crippen molar-refractivity contribution in [2.24, 2.45) is 0 Å². The number of aromatic nitrogens is 1. The Morgan fingerprint density at radius 3 is 2.30 bits per heavy atom. The Morgan fingerprint density at radius 1 is 1.07 bits per heavy atom. The summed E-state index contributed by atoms with van der Waals surface area (Å²) < 4.78 is 2.02. The number of benzene rings is 1. The van der Waals surface area contributed by atoms with Gasteiger partial charge in [0, 0.05) is 17.4 Å². The Bertz CT molecular complexity index is 959. The number of hydrogen-bond acceptors (Lipinski definition) is 3. The van der Waals surface area contributed by atoms with E-state index < -0.39 is 11.8 Å². The van der Waals surface area contributed by atoms with E-state index in [0.717, 1.165) is 16.8 Å². The normalized spacial score (nSPS) is 16.9. The minimum absolute atomic E-state index is 0.0620. The Hall–Kier alpha value is -2.73. The summed E-state index contributed by atoms with van der Waals surface area (Å²) in [7, 11) is 0. The first-order chi connectivity index (χ1) is 12.6. The standard InChI is InChI=1S/C21H23N3O2S/c1-13-9-14(2)11-16(10-13)24-19(26)17(18(25)22-20(24)27)12-15-7-6-8-23(15)21(3,4)5/h6-12H,1-5H3,(H,22,25,27). The number of thiocarbonyl (C=S) groups is 1. The van der Waals surface area contributed by atoms with E-state index in [9.17, 15) is 9.59 Å². The van der Waals surface area contributed by atoms with E-state index in [1.165, 1.54) is 4.90 Å². The van der Waals surface area contributed by atoms with Gasteiger partial charge in [-0.25, -0.2) is 0 Å². The maximum Gasteiger partial charge on any atom is 0.270 e. The minimum atomic E-state index is -0.479. The second-order valence-corrected chi connectivity index (χ2v) is 8.16. The summed E-state index contributed by atoms with van der Waals surface area (Å²) in [5, 5.41) is 2.73. The van der Waals surface area contributed by atoms with Gasteiger partial charge in [0.1, 0.15) is 5.57 Å². The lowest BCUT2D eigenvalue weighted by Crippen LogP contribution is -2.54. The molecule has 0 bridgehead atoms. The van der Waals surface area contributed by atoms with Crippen LogP contribution in [-0.4, -0.2) is 21.5 Å². The number of nitrogens with one attached hydrogen (secondary N) is 1. The van der Waals surface area contributed by atoms with Crippen LogP contribution in [0.25, 0.3) is 6.08 Å². The molecule has 5 nitrogen and oxygen atoms in total. The Labute approximate surface area is 164 Å². The summed E-state index contributed by atoms with van der Waals surface area (Å²) in [5.74, 6) is -0.900. The van der Waals surface area contributed by atoms with Gasteiger partial charge in [-0.05, 0) is 88.3 Å². The largest absolute Gasteiger partial charge is 0.343 e.